The van der Waals surface area contributed by atoms with E-state index in [9.17, 15) is 10.1 Å². The Morgan fingerprint density at radius 2 is 1.50 bits per heavy atom. The van der Waals surface area contributed by atoms with Gasteiger partial charge >= 0.3 is 0 Å². The van der Waals surface area contributed by atoms with Gasteiger partial charge in [0.25, 0.3) is 5.69 Å². The molecule has 0 saturated carbocycles. The maximum absolute atomic E-state index is 10.7. The molecule has 0 atom stereocenters. The van der Waals surface area contributed by atoms with Crippen LogP contribution in [0.5, 0.6) is 11.5 Å². The first kappa shape index (κ1) is 20.3. The molecule has 0 radical (unpaired) electrons. The molecule has 0 amide bonds. The first-order valence-electron chi connectivity index (χ1n) is 9.14. The van der Waals surface area contributed by atoms with Crippen molar-refractivity contribution in [2.75, 3.05) is 13.7 Å². The van der Waals surface area contributed by atoms with Crippen molar-refractivity contribution in [1.29, 1.82) is 0 Å². The molecule has 0 spiro atoms. The first-order valence-corrected chi connectivity index (χ1v) is 9.14. The Labute approximate surface area is 145 Å². The molecule has 136 valence electrons. The topological polar surface area (TPSA) is 61.6 Å². The predicted octanol–water partition coefficient (Wildman–Crippen LogP) is 5.90. The number of hydrogen-bond acceptors (Lipinski definition) is 4. The van der Waals surface area contributed by atoms with Gasteiger partial charge in [-0.3, -0.25) is 10.1 Å². The Hall–Kier alpha value is -1.78. The number of benzene rings is 1. The molecule has 1 aromatic carbocycles. The smallest absolute Gasteiger partial charge is 0.273 e. The highest BCUT2D eigenvalue weighted by atomic mass is 16.6. The Morgan fingerprint density at radius 1 is 0.917 bits per heavy atom. The molecule has 0 aliphatic heterocycles. The normalized spacial score (nSPS) is 10.6. The van der Waals surface area contributed by atoms with Gasteiger partial charge in [-0.15, -0.1) is 0 Å². The van der Waals surface area contributed by atoms with Crippen LogP contribution in [0.3, 0.4) is 0 Å². The number of hydrogen-bond donors (Lipinski definition) is 0. The van der Waals surface area contributed by atoms with E-state index in [4.69, 9.17) is 9.47 Å². The summed E-state index contributed by atoms with van der Waals surface area (Å²) in [5.74, 6) is 0.982. The third kappa shape index (κ3) is 8.18. The Bertz CT molecular complexity index is 476. The highest BCUT2D eigenvalue weighted by molar-refractivity contribution is 5.48. The van der Waals surface area contributed by atoms with E-state index in [-0.39, 0.29) is 5.69 Å². The molecular weight excluding hydrogens is 306 g/mol. The number of nitro groups is 1. The van der Waals surface area contributed by atoms with Gasteiger partial charge in [0, 0.05) is 6.07 Å². The maximum Gasteiger partial charge on any atom is 0.273 e. The van der Waals surface area contributed by atoms with Gasteiger partial charge in [-0.1, -0.05) is 64.7 Å². The van der Waals surface area contributed by atoms with Crippen molar-refractivity contribution >= 4 is 5.69 Å². The lowest BCUT2D eigenvalue weighted by molar-refractivity contribution is -0.384. The van der Waals surface area contributed by atoms with Crippen molar-refractivity contribution in [2.45, 2.75) is 71.1 Å². The molecule has 1 rings (SSSR count). The largest absolute Gasteiger partial charge is 0.493 e. The molecule has 0 N–H and O–H groups in total. The lowest BCUT2D eigenvalue weighted by Crippen LogP contribution is -2.00. The summed E-state index contributed by atoms with van der Waals surface area (Å²) < 4.78 is 10.8. The van der Waals surface area contributed by atoms with E-state index in [1.54, 1.807) is 6.07 Å². The molecule has 0 fully saturated rings. The lowest BCUT2D eigenvalue weighted by atomic mass is 10.1. The van der Waals surface area contributed by atoms with Gasteiger partial charge in [0.2, 0.25) is 0 Å². The SMILES string of the molecule is CCCCCCCCCCCCOc1ccc([N+](=O)[O-])cc1OC. The van der Waals surface area contributed by atoms with Crippen LogP contribution in [0.4, 0.5) is 5.69 Å². The molecule has 0 unspecified atom stereocenters. The fourth-order valence-electron chi connectivity index (χ4n) is 2.66. The fraction of sp³-hybridized carbons (Fsp3) is 0.684. The van der Waals surface area contributed by atoms with E-state index in [1.807, 2.05) is 0 Å². The molecule has 5 nitrogen and oxygen atoms in total. The standard InChI is InChI=1S/C19H31NO4/c1-3-4-5-6-7-8-9-10-11-12-15-24-18-14-13-17(20(21)22)16-19(18)23-2/h13-14,16H,3-12,15H2,1-2H3. The van der Waals surface area contributed by atoms with Gasteiger partial charge < -0.3 is 9.47 Å². The first-order chi connectivity index (χ1) is 11.7. The highest BCUT2D eigenvalue weighted by Crippen LogP contribution is 2.31. The molecule has 0 aliphatic carbocycles. The lowest BCUT2D eigenvalue weighted by Gasteiger charge is -2.10. The molecule has 0 bridgehead atoms. The number of ether oxygens (including phenoxy) is 2. The number of unbranched alkanes of at least 4 members (excludes halogenated alkanes) is 9. The molecule has 24 heavy (non-hydrogen) atoms. The van der Waals surface area contributed by atoms with Crippen LogP contribution in [-0.2, 0) is 0 Å². The van der Waals surface area contributed by atoms with E-state index < -0.39 is 4.92 Å². The maximum atomic E-state index is 10.7. The summed E-state index contributed by atoms with van der Waals surface area (Å²) in [6, 6.07) is 4.44. The molecule has 0 saturated heterocycles. The number of rotatable bonds is 14. The quantitative estimate of drug-likeness (QED) is 0.241. The van der Waals surface area contributed by atoms with Crippen molar-refractivity contribution < 1.29 is 14.4 Å². The molecule has 0 heterocycles. The number of non-ortho nitro benzene ring substituents is 1. The summed E-state index contributed by atoms with van der Waals surface area (Å²) in [4.78, 5) is 10.3. The highest BCUT2D eigenvalue weighted by Gasteiger charge is 2.12. The Kier molecular flexibility index (Phi) is 10.7. The van der Waals surface area contributed by atoms with Crippen molar-refractivity contribution in [3.63, 3.8) is 0 Å². The number of nitrogens with zero attached hydrogens (tertiary/aromatic N) is 1. The van der Waals surface area contributed by atoms with Crippen LogP contribution in [0.1, 0.15) is 71.1 Å². The Balaban J connectivity index is 2.12. The molecule has 0 aliphatic rings. The van der Waals surface area contributed by atoms with E-state index in [0.29, 0.717) is 18.1 Å². The summed E-state index contributed by atoms with van der Waals surface area (Å²) in [5, 5.41) is 10.7. The van der Waals surface area contributed by atoms with Gasteiger partial charge in [0.05, 0.1) is 24.7 Å². The van der Waals surface area contributed by atoms with E-state index in [2.05, 4.69) is 6.92 Å². The average Bonchev–Trinajstić information content (AvgIpc) is 2.59. The third-order valence-corrected chi connectivity index (χ3v) is 4.11. The van der Waals surface area contributed by atoms with Crippen LogP contribution in [0, 0.1) is 10.1 Å². The van der Waals surface area contributed by atoms with E-state index in [0.717, 1.165) is 12.8 Å². The zero-order valence-corrected chi connectivity index (χ0v) is 15.1. The fourth-order valence-corrected chi connectivity index (χ4v) is 2.66. The summed E-state index contributed by atoms with van der Waals surface area (Å²) in [5.41, 5.74) is 0.0122. The summed E-state index contributed by atoms with van der Waals surface area (Å²) in [7, 11) is 1.49. The summed E-state index contributed by atoms with van der Waals surface area (Å²) in [6.45, 7) is 2.86. The van der Waals surface area contributed by atoms with Crippen LogP contribution < -0.4 is 9.47 Å². The molecule has 5 heteroatoms. The number of nitro benzene ring substituents is 1. The number of methoxy groups -OCH3 is 1. The van der Waals surface area contributed by atoms with Gasteiger partial charge in [-0.25, -0.2) is 0 Å². The van der Waals surface area contributed by atoms with E-state index in [1.165, 1.54) is 70.6 Å². The second kappa shape index (κ2) is 12.6. The van der Waals surface area contributed by atoms with Gasteiger partial charge in [-0.2, -0.15) is 0 Å². The van der Waals surface area contributed by atoms with Crippen molar-refractivity contribution in [3.05, 3.63) is 28.3 Å². The Morgan fingerprint density at radius 3 is 2.04 bits per heavy atom. The second-order valence-corrected chi connectivity index (χ2v) is 6.12. The summed E-state index contributed by atoms with van der Waals surface area (Å²) >= 11 is 0. The monoisotopic (exact) mass is 337 g/mol. The molecular formula is C19H31NO4. The average molecular weight is 337 g/mol. The predicted molar refractivity (Wildman–Crippen MR) is 97.0 cm³/mol. The zero-order chi connectivity index (χ0) is 17.6. The van der Waals surface area contributed by atoms with Crippen LogP contribution in [0.2, 0.25) is 0 Å². The zero-order valence-electron chi connectivity index (χ0n) is 15.1. The van der Waals surface area contributed by atoms with E-state index >= 15 is 0 Å². The van der Waals surface area contributed by atoms with Crippen LogP contribution in [0.15, 0.2) is 18.2 Å². The van der Waals surface area contributed by atoms with Crippen molar-refractivity contribution in [2.24, 2.45) is 0 Å². The van der Waals surface area contributed by atoms with Crippen molar-refractivity contribution in [1.82, 2.24) is 0 Å². The minimum Gasteiger partial charge on any atom is -0.493 e. The molecule has 0 aromatic heterocycles. The minimum absolute atomic E-state index is 0.0122. The van der Waals surface area contributed by atoms with Gasteiger partial charge in [0.1, 0.15) is 0 Å². The minimum atomic E-state index is -0.436. The summed E-state index contributed by atoms with van der Waals surface area (Å²) in [6.07, 6.45) is 12.8. The van der Waals surface area contributed by atoms with Gasteiger partial charge in [-0.05, 0) is 12.5 Å². The molecule has 1 aromatic rings. The van der Waals surface area contributed by atoms with Crippen molar-refractivity contribution in [3.8, 4) is 11.5 Å². The van der Waals surface area contributed by atoms with Crippen LogP contribution in [0.25, 0.3) is 0 Å². The van der Waals surface area contributed by atoms with Crippen LogP contribution in [-0.4, -0.2) is 18.6 Å². The second-order valence-electron chi connectivity index (χ2n) is 6.12. The van der Waals surface area contributed by atoms with Gasteiger partial charge in [0.15, 0.2) is 11.5 Å². The van der Waals surface area contributed by atoms with Crippen LogP contribution >= 0.6 is 0 Å². The third-order valence-electron chi connectivity index (χ3n) is 4.11.